The molecule has 28 heavy (non-hydrogen) atoms. The lowest BCUT2D eigenvalue weighted by atomic mass is 10.0. The fourth-order valence-electron chi connectivity index (χ4n) is 4.51. The molecule has 1 heterocycles. The molecule has 0 spiro atoms. The van der Waals surface area contributed by atoms with E-state index in [-0.39, 0.29) is 0 Å². The smallest absolute Gasteiger partial charge is 0.0614 e. The molecule has 1 fully saturated rings. The number of rotatable bonds is 4. The van der Waals surface area contributed by atoms with Crippen molar-refractivity contribution in [2.75, 3.05) is 26.2 Å². The third-order valence-corrected chi connectivity index (χ3v) is 5.90. The molecular weight excluding hydrogens is 342 g/mol. The number of hydrogen-bond donors (Lipinski definition) is 1. The van der Waals surface area contributed by atoms with Crippen molar-refractivity contribution in [2.24, 2.45) is 0 Å². The van der Waals surface area contributed by atoms with Gasteiger partial charge in [0, 0.05) is 31.9 Å². The second kappa shape index (κ2) is 7.27. The topological polar surface area (TPSA) is 18.5 Å². The SMILES string of the molecule is C=C(NN1CCN(C2c3ccccc3-c3ccccc32)CC1)c1ccccc1. The molecule has 3 nitrogen and oxygen atoms in total. The third kappa shape index (κ3) is 3.03. The molecule has 0 atom stereocenters. The molecule has 0 unspecified atom stereocenters. The summed E-state index contributed by atoms with van der Waals surface area (Å²) in [5, 5.41) is 2.29. The first-order valence-electron chi connectivity index (χ1n) is 9.99. The highest BCUT2D eigenvalue weighted by atomic mass is 15.5. The van der Waals surface area contributed by atoms with Crippen molar-refractivity contribution in [2.45, 2.75) is 6.04 Å². The van der Waals surface area contributed by atoms with Gasteiger partial charge in [0.2, 0.25) is 0 Å². The van der Waals surface area contributed by atoms with Crippen LogP contribution in [0.15, 0.2) is 85.4 Å². The van der Waals surface area contributed by atoms with Gasteiger partial charge in [0.1, 0.15) is 0 Å². The summed E-state index contributed by atoms with van der Waals surface area (Å²) < 4.78 is 0. The zero-order valence-electron chi connectivity index (χ0n) is 16.0. The number of fused-ring (bicyclic) bond motifs is 3. The third-order valence-electron chi connectivity index (χ3n) is 5.90. The van der Waals surface area contributed by atoms with Gasteiger partial charge in [0.05, 0.1) is 6.04 Å². The molecule has 1 N–H and O–H groups in total. The normalized spacial score (nSPS) is 17.1. The number of hydrogen-bond acceptors (Lipinski definition) is 3. The van der Waals surface area contributed by atoms with Gasteiger partial charge in [-0.3, -0.25) is 4.90 Å². The van der Waals surface area contributed by atoms with Crippen LogP contribution in [0.4, 0.5) is 0 Å². The largest absolute Gasteiger partial charge is 0.319 e. The van der Waals surface area contributed by atoms with E-state index in [9.17, 15) is 0 Å². The number of benzene rings is 3. The van der Waals surface area contributed by atoms with Gasteiger partial charge >= 0.3 is 0 Å². The van der Waals surface area contributed by atoms with Crippen molar-refractivity contribution in [1.29, 1.82) is 0 Å². The Balaban J connectivity index is 1.30. The lowest BCUT2D eigenvalue weighted by Gasteiger charge is -2.39. The number of nitrogens with zero attached hydrogens (tertiary/aromatic N) is 2. The van der Waals surface area contributed by atoms with E-state index in [0.29, 0.717) is 6.04 Å². The van der Waals surface area contributed by atoms with Gasteiger partial charge < -0.3 is 5.43 Å². The maximum atomic E-state index is 4.21. The fourth-order valence-corrected chi connectivity index (χ4v) is 4.51. The molecule has 1 saturated heterocycles. The standard InChI is InChI=1S/C25H25N3/c1-19(20-9-3-2-4-10-20)26-28-17-15-27(16-18-28)25-23-13-7-5-11-21(23)22-12-6-8-14-24(22)25/h2-14,25-26H,1,15-18H2. The zero-order valence-corrected chi connectivity index (χ0v) is 16.0. The van der Waals surface area contributed by atoms with Crippen molar-refractivity contribution >= 4 is 5.70 Å². The van der Waals surface area contributed by atoms with Crippen LogP contribution in [0, 0.1) is 0 Å². The Kier molecular flexibility index (Phi) is 4.47. The number of hydrazine groups is 1. The monoisotopic (exact) mass is 367 g/mol. The summed E-state index contributed by atoms with van der Waals surface area (Å²) in [6.45, 7) is 8.23. The molecule has 0 radical (unpaired) electrons. The van der Waals surface area contributed by atoms with Crippen LogP contribution in [-0.2, 0) is 0 Å². The molecule has 0 amide bonds. The van der Waals surface area contributed by atoms with E-state index in [1.807, 2.05) is 6.07 Å². The maximum absolute atomic E-state index is 4.21. The molecule has 0 aromatic heterocycles. The molecule has 140 valence electrons. The second-order valence-corrected chi connectivity index (χ2v) is 7.56. The summed E-state index contributed by atoms with van der Waals surface area (Å²) in [7, 11) is 0. The van der Waals surface area contributed by atoms with Gasteiger partial charge in [-0.2, -0.15) is 0 Å². The lowest BCUT2D eigenvalue weighted by molar-refractivity contribution is 0.0906. The van der Waals surface area contributed by atoms with Crippen LogP contribution in [-0.4, -0.2) is 36.1 Å². The first-order valence-corrected chi connectivity index (χ1v) is 9.99. The highest BCUT2D eigenvalue weighted by Crippen LogP contribution is 2.46. The van der Waals surface area contributed by atoms with E-state index in [2.05, 4.69) is 94.7 Å². The highest BCUT2D eigenvalue weighted by Gasteiger charge is 2.34. The first kappa shape index (κ1) is 17.2. The van der Waals surface area contributed by atoms with E-state index in [4.69, 9.17) is 0 Å². The van der Waals surface area contributed by atoms with Crippen molar-refractivity contribution < 1.29 is 0 Å². The number of piperazine rings is 1. The maximum Gasteiger partial charge on any atom is 0.0614 e. The summed E-state index contributed by atoms with van der Waals surface area (Å²) in [4.78, 5) is 2.62. The predicted molar refractivity (Wildman–Crippen MR) is 115 cm³/mol. The van der Waals surface area contributed by atoms with Crippen molar-refractivity contribution in [3.8, 4) is 11.1 Å². The average Bonchev–Trinajstić information content (AvgIpc) is 3.09. The minimum Gasteiger partial charge on any atom is -0.319 e. The molecule has 0 bridgehead atoms. The Labute approximate surface area is 166 Å². The molecule has 5 rings (SSSR count). The van der Waals surface area contributed by atoms with Gasteiger partial charge in [-0.05, 0) is 27.8 Å². The summed E-state index contributed by atoms with van der Waals surface area (Å²) in [5.74, 6) is 0. The summed E-state index contributed by atoms with van der Waals surface area (Å²) in [6, 6.07) is 28.4. The van der Waals surface area contributed by atoms with Crippen LogP contribution >= 0.6 is 0 Å². The minimum absolute atomic E-state index is 0.367. The van der Waals surface area contributed by atoms with Gasteiger partial charge in [0.15, 0.2) is 0 Å². The quantitative estimate of drug-likeness (QED) is 0.730. The van der Waals surface area contributed by atoms with E-state index >= 15 is 0 Å². The minimum atomic E-state index is 0.367. The Bertz CT molecular complexity index is 942. The van der Waals surface area contributed by atoms with Gasteiger partial charge in [-0.15, -0.1) is 0 Å². The van der Waals surface area contributed by atoms with E-state index < -0.39 is 0 Å². The molecule has 2 aliphatic rings. The van der Waals surface area contributed by atoms with Crippen LogP contribution in [0.1, 0.15) is 22.7 Å². The van der Waals surface area contributed by atoms with E-state index in [1.165, 1.54) is 22.3 Å². The van der Waals surface area contributed by atoms with Gasteiger partial charge in [-0.1, -0.05) is 85.4 Å². The molecule has 3 aromatic rings. The zero-order chi connectivity index (χ0) is 18.9. The molecule has 3 aromatic carbocycles. The van der Waals surface area contributed by atoms with Crippen molar-refractivity contribution in [3.05, 3.63) is 102 Å². The van der Waals surface area contributed by atoms with Crippen LogP contribution < -0.4 is 5.43 Å². The summed E-state index contributed by atoms with van der Waals surface area (Å²) in [6.07, 6.45) is 0. The lowest BCUT2D eigenvalue weighted by Crippen LogP contribution is -2.51. The van der Waals surface area contributed by atoms with E-state index in [0.717, 1.165) is 37.4 Å². The van der Waals surface area contributed by atoms with Crippen LogP contribution in [0.2, 0.25) is 0 Å². The van der Waals surface area contributed by atoms with Crippen LogP contribution in [0.5, 0.6) is 0 Å². The van der Waals surface area contributed by atoms with Crippen LogP contribution in [0.25, 0.3) is 16.8 Å². The fraction of sp³-hybridized carbons (Fsp3) is 0.200. The highest BCUT2D eigenvalue weighted by molar-refractivity contribution is 5.78. The van der Waals surface area contributed by atoms with Gasteiger partial charge in [-0.25, -0.2) is 5.01 Å². The Morgan fingerprint density at radius 3 is 1.86 bits per heavy atom. The summed E-state index contributed by atoms with van der Waals surface area (Å²) in [5.41, 5.74) is 11.3. The molecule has 3 heteroatoms. The first-order chi connectivity index (χ1) is 13.8. The molecule has 0 saturated carbocycles. The molecule has 1 aliphatic heterocycles. The van der Waals surface area contributed by atoms with Crippen LogP contribution in [0.3, 0.4) is 0 Å². The Hall–Kier alpha value is -2.88. The number of nitrogens with one attached hydrogen (secondary N) is 1. The van der Waals surface area contributed by atoms with Crippen molar-refractivity contribution in [1.82, 2.24) is 15.3 Å². The Morgan fingerprint density at radius 1 is 0.714 bits per heavy atom. The van der Waals surface area contributed by atoms with E-state index in [1.54, 1.807) is 0 Å². The molecular formula is C25H25N3. The summed E-state index contributed by atoms with van der Waals surface area (Å²) >= 11 is 0. The average molecular weight is 367 g/mol. The predicted octanol–water partition coefficient (Wildman–Crippen LogP) is 4.55. The molecule has 1 aliphatic carbocycles. The Morgan fingerprint density at radius 2 is 1.25 bits per heavy atom. The van der Waals surface area contributed by atoms with Gasteiger partial charge in [0.25, 0.3) is 0 Å². The van der Waals surface area contributed by atoms with Crippen molar-refractivity contribution in [3.63, 3.8) is 0 Å². The second-order valence-electron chi connectivity index (χ2n) is 7.56.